The topological polar surface area (TPSA) is 74.1 Å². The summed E-state index contributed by atoms with van der Waals surface area (Å²) >= 11 is 11.8. The summed E-state index contributed by atoms with van der Waals surface area (Å²) in [5.74, 6) is -1.74. The van der Waals surface area contributed by atoms with Crippen molar-refractivity contribution in [1.82, 2.24) is 15.0 Å². The van der Waals surface area contributed by atoms with Gasteiger partial charge >= 0.3 is 12.1 Å². The Balaban J connectivity index is 2.20. The van der Waals surface area contributed by atoms with Crippen LogP contribution in [0.4, 0.5) is 13.2 Å². The molecular formula is C18H10Cl2F3N3O3. The highest BCUT2D eigenvalue weighted by Gasteiger charge is 2.32. The molecular weight excluding hydrogens is 434 g/mol. The van der Waals surface area contributed by atoms with Crippen LogP contribution in [0.1, 0.15) is 32.1 Å². The highest BCUT2D eigenvalue weighted by Crippen LogP contribution is 2.31. The van der Waals surface area contributed by atoms with Gasteiger partial charge in [-0.1, -0.05) is 34.5 Å². The molecule has 3 rings (SSSR count). The first-order valence-electron chi connectivity index (χ1n) is 7.85. The SMILES string of the molecule is COC(=O)c1nnn(-c2cccc(C(F)(F)F)c2)c1C(=O)c1ccc(Cl)c(Cl)c1. The molecule has 2 aromatic carbocycles. The van der Waals surface area contributed by atoms with Crippen molar-refractivity contribution in [3.8, 4) is 5.69 Å². The smallest absolute Gasteiger partial charge is 0.416 e. The minimum atomic E-state index is -4.62. The molecule has 11 heteroatoms. The molecule has 1 aromatic heterocycles. The predicted octanol–water partition coefficient (Wildman–Crippen LogP) is 4.61. The number of ketones is 1. The Morgan fingerprint density at radius 2 is 1.79 bits per heavy atom. The standard InChI is InChI=1S/C18H10Cl2F3N3O3/c1-29-17(28)14-15(16(27)9-5-6-12(19)13(20)7-9)26(25-24-14)11-4-2-3-10(8-11)18(21,22)23/h2-8H,1H3. The van der Waals surface area contributed by atoms with Crippen LogP contribution in [0.3, 0.4) is 0 Å². The Bertz CT molecular complexity index is 1110. The van der Waals surface area contributed by atoms with Gasteiger partial charge in [-0.3, -0.25) is 4.79 Å². The molecule has 0 atom stereocenters. The van der Waals surface area contributed by atoms with E-state index in [0.717, 1.165) is 30.0 Å². The van der Waals surface area contributed by atoms with Crippen molar-refractivity contribution in [1.29, 1.82) is 0 Å². The molecule has 0 bridgehead atoms. The third-order valence-electron chi connectivity index (χ3n) is 3.86. The fourth-order valence-corrected chi connectivity index (χ4v) is 2.79. The van der Waals surface area contributed by atoms with Gasteiger partial charge < -0.3 is 4.74 Å². The van der Waals surface area contributed by atoms with E-state index >= 15 is 0 Å². The van der Waals surface area contributed by atoms with E-state index in [2.05, 4.69) is 15.0 Å². The van der Waals surface area contributed by atoms with Crippen molar-refractivity contribution in [2.75, 3.05) is 7.11 Å². The van der Waals surface area contributed by atoms with Crippen molar-refractivity contribution < 1.29 is 27.5 Å². The van der Waals surface area contributed by atoms with Crippen molar-refractivity contribution in [3.63, 3.8) is 0 Å². The molecule has 0 N–H and O–H groups in total. The number of ether oxygens (including phenoxy) is 1. The third kappa shape index (κ3) is 4.10. The summed E-state index contributed by atoms with van der Waals surface area (Å²) in [4.78, 5) is 25.1. The number of esters is 1. The normalized spacial score (nSPS) is 11.4. The summed E-state index contributed by atoms with van der Waals surface area (Å²) < 4.78 is 44.6. The van der Waals surface area contributed by atoms with Crippen LogP contribution in [0.25, 0.3) is 5.69 Å². The summed E-state index contributed by atoms with van der Waals surface area (Å²) in [6.07, 6.45) is -4.62. The van der Waals surface area contributed by atoms with Gasteiger partial charge in [0, 0.05) is 5.56 Å². The molecule has 3 aromatic rings. The van der Waals surface area contributed by atoms with Crippen molar-refractivity contribution in [2.45, 2.75) is 6.18 Å². The Morgan fingerprint density at radius 1 is 1.07 bits per heavy atom. The Kier molecular flexibility index (Phi) is 5.63. The van der Waals surface area contributed by atoms with Gasteiger partial charge in [0.15, 0.2) is 0 Å². The van der Waals surface area contributed by atoms with E-state index in [1.165, 1.54) is 24.3 Å². The molecule has 0 spiro atoms. The van der Waals surface area contributed by atoms with Crippen LogP contribution in [-0.4, -0.2) is 33.9 Å². The maximum absolute atomic E-state index is 13.1. The van der Waals surface area contributed by atoms with Gasteiger partial charge in [0.05, 0.1) is 28.4 Å². The average Bonchev–Trinajstić information content (AvgIpc) is 3.13. The summed E-state index contributed by atoms with van der Waals surface area (Å²) in [5, 5.41) is 7.58. The van der Waals surface area contributed by atoms with Crippen LogP contribution < -0.4 is 0 Å². The second kappa shape index (κ2) is 7.84. The zero-order valence-corrected chi connectivity index (χ0v) is 16.0. The van der Waals surface area contributed by atoms with Crippen LogP contribution in [0.2, 0.25) is 10.0 Å². The number of rotatable bonds is 4. The van der Waals surface area contributed by atoms with E-state index in [4.69, 9.17) is 23.2 Å². The molecule has 0 aliphatic rings. The number of carbonyl (C=O) groups is 2. The largest absolute Gasteiger partial charge is 0.464 e. The molecule has 150 valence electrons. The quantitative estimate of drug-likeness (QED) is 0.434. The van der Waals surface area contributed by atoms with Crippen LogP contribution in [-0.2, 0) is 10.9 Å². The van der Waals surface area contributed by atoms with E-state index in [9.17, 15) is 22.8 Å². The molecule has 0 unspecified atom stereocenters. The number of benzene rings is 2. The Morgan fingerprint density at radius 3 is 2.41 bits per heavy atom. The number of hydrogen-bond donors (Lipinski definition) is 0. The molecule has 1 heterocycles. The summed E-state index contributed by atoms with van der Waals surface area (Å²) in [6.45, 7) is 0. The van der Waals surface area contributed by atoms with Gasteiger partial charge in [-0.2, -0.15) is 13.2 Å². The molecule has 0 saturated heterocycles. The van der Waals surface area contributed by atoms with E-state index in [1.54, 1.807) is 0 Å². The minimum absolute atomic E-state index is 0.0279. The first kappa shape index (κ1) is 20.8. The summed E-state index contributed by atoms with van der Waals surface area (Å²) in [7, 11) is 1.07. The van der Waals surface area contributed by atoms with Crippen LogP contribution >= 0.6 is 23.2 Å². The van der Waals surface area contributed by atoms with Gasteiger partial charge in [-0.25, -0.2) is 9.48 Å². The average molecular weight is 444 g/mol. The zero-order valence-electron chi connectivity index (χ0n) is 14.5. The molecule has 0 fully saturated rings. The highest BCUT2D eigenvalue weighted by atomic mass is 35.5. The second-order valence-corrected chi connectivity index (χ2v) is 6.51. The molecule has 6 nitrogen and oxygen atoms in total. The minimum Gasteiger partial charge on any atom is -0.464 e. The first-order chi connectivity index (χ1) is 13.6. The van der Waals surface area contributed by atoms with Crippen molar-refractivity contribution in [2.24, 2.45) is 0 Å². The Labute approximate surface area is 171 Å². The molecule has 0 amide bonds. The molecule has 0 aliphatic heterocycles. The van der Waals surface area contributed by atoms with E-state index in [1.807, 2.05) is 0 Å². The van der Waals surface area contributed by atoms with E-state index in [0.29, 0.717) is 0 Å². The van der Waals surface area contributed by atoms with Crippen LogP contribution in [0.5, 0.6) is 0 Å². The lowest BCUT2D eigenvalue weighted by molar-refractivity contribution is -0.137. The first-order valence-corrected chi connectivity index (χ1v) is 8.60. The predicted molar refractivity (Wildman–Crippen MR) is 97.6 cm³/mol. The number of alkyl halides is 3. The van der Waals surface area contributed by atoms with Crippen molar-refractivity contribution in [3.05, 3.63) is 75.0 Å². The summed E-state index contributed by atoms with van der Waals surface area (Å²) in [5.41, 5.74) is -1.89. The maximum Gasteiger partial charge on any atom is 0.416 e. The molecule has 0 saturated carbocycles. The van der Waals surface area contributed by atoms with Gasteiger partial charge in [-0.05, 0) is 36.4 Å². The number of methoxy groups -OCH3 is 1. The zero-order chi connectivity index (χ0) is 21.3. The van der Waals surface area contributed by atoms with Gasteiger partial charge in [-0.15, -0.1) is 5.10 Å². The molecule has 0 radical (unpaired) electrons. The Hall–Kier alpha value is -2.91. The van der Waals surface area contributed by atoms with Crippen LogP contribution in [0.15, 0.2) is 42.5 Å². The lowest BCUT2D eigenvalue weighted by atomic mass is 10.1. The van der Waals surface area contributed by atoms with Crippen molar-refractivity contribution >= 4 is 35.0 Å². The fourth-order valence-electron chi connectivity index (χ4n) is 2.49. The lowest BCUT2D eigenvalue weighted by Gasteiger charge is -2.11. The maximum atomic E-state index is 13.1. The van der Waals surface area contributed by atoms with Gasteiger partial charge in [0.1, 0.15) is 5.69 Å². The molecule has 29 heavy (non-hydrogen) atoms. The number of hydrogen-bond acceptors (Lipinski definition) is 5. The van der Waals surface area contributed by atoms with Gasteiger partial charge in [0.25, 0.3) is 0 Å². The van der Waals surface area contributed by atoms with E-state index < -0.39 is 29.2 Å². The number of aromatic nitrogens is 3. The number of carbonyl (C=O) groups excluding carboxylic acids is 2. The van der Waals surface area contributed by atoms with Gasteiger partial charge in [0.2, 0.25) is 11.5 Å². The third-order valence-corrected chi connectivity index (χ3v) is 4.60. The highest BCUT2D eigenvalue weighted by molar-refractivity contribution is 6.42. The fraction of sp³-hybridized carbons (Fsp3) is 0.111. The number of halogens is 5. The van der Waals surface area contributed by atoms with Crippen LogP contribution in [0, 0.1) is 0 Å². The monoisotopic (exact) mass is 443 g/mol. The lowest BCUT2D eigenvalue weighted by Crippen LogP contribution is -2.16. The summed E-state index contributed by atoms with van der Waals surface area (Å²) in [6, 6.07) is 8.05. The number of nitrogens with zero attached hydrogens (tertiary/aromatic N) is 3. The molecule has 0 aliphatic carbocycles. The second-order valence-electron chi connectivity index (χ2n) is 5.70. The van der Waals surface area contributed by atoms with E-state index in [-0.39, 0.29) is 27.0 Å².